The molecule has 1 aromatic carbocycles. The molecule has 0 atom stereocenters. The molecule has 8 nitrogen and oxygen atoms in total. The molecule has 0 radical (unpaired) electrons. The number of aromatic carboxylic acids is 1. The van der Waals surface area contributed by atoms with Crippen LogP contribution in [0.3, 0.4) is 0 Å². The van der Waals surface area contributed by atoms with E-state index in [1.807, 2.05) is 4.72 Å². The summed E-state index contributed by atoms with van der Waals surface area (Å²) in [4.78, 5) is 10.4. The molecule has 1 rings (SSSR count). The largest absolute Gasteiger partial charge is 0.507 e. The Morgan fingerprint density at radius 2 is 1.85 bits per heavy atom. The van der Waals surface area contributed by atoms with Gasteiger partial charge in [-0.3, -0.25) is 0 Å². The fraction of sp³-hybridized carbons (Fsp3) is 0.300. The highest BCUT2D eigenvalue weighted by molar-refractivity contribution is 7.91. The summed E-state index contributed by atoms with van der Waals surface area (Å²) >= 11 is 0. The molecule has 0 spiro atoms. The quantitative estimate of drug-likeness (QED) is 0.636. The second kappa shape index (κ2) is 5.77. The average molecular weight is 323 g/mol. The summed E-state index contributed by atoms with van der Waals surface area (Å²) < 4.78 is 47.5. The van der Waals surface area contributed by atoms with Crippen LogP contribution in [0, 0.1) is 0 Å². The first-order valence-corrected chi connectivity index (χ1v) is 8.81. The maximum absolute atomic E-state index is 11.8. The first-order valence-electron chi connectivity index (χ1n) is 5.26. The van der Waals surface area contributed by atoms with Gasteiger partial charge in [0.15, 0.2) is 0 Å². The summed E-state index contributed by atoms with van der Waals surface area (Å²) in [6.45, 7) is -0.329. The molecule has 0 saturated heterocycles. The lowest BCUT2D eigenvalue weighted by molar-refractivity contribution is 0.0693. The minimum absolute atomic E-state index is 0.329. The molecule has 1 aromatic rings. The van der Waals surface area contributed by atoms with Gasteiger partial charge < -0.3 is 10.2 Å². The summed E-state index contributed by atoms with van der Waals surface area (Å²) in [5.41, 5.74) is -0.559. The Morgan fingerprint density at radius 3 is 2.35 bits per heavy atom. The number of carbonyl (C=O) groups is 1. The molecule has 112 valence electrons. The molecule has 3 N–H and O–H groups in total. The van der Waals surface area contributed by atoms with Crippen LogP contribution in [0.15, 0.2) is 23.1 Å². The Kier molecular flexibility index (Phi) is 4.73. The predicted molar refractivity (Wildman–Crippen MR) is 70.0 cm³/mol. The van der Waals surface area contributed by atoms with Gasteiger partial charge in [-0.2, -0.15) is 0 Å². The van der Waals surface area contributed by atoms with Crippen molar-refractivity contribution in [3.63, 3.8) is 0 Å². The third-order valence-corrected chi connectivity index (χ3v) is 4.68. The lowest BCUT2D eigenvalue weighted by atomic mass is 10.2. The van der Waals surface area contributed by atoms with E-state index < -0.39 is 37.1 Å². The number of sulfonamides is 1. The number of carboxylic acids is 1. The number of benzene rings is 1. The zero-order chi connectivity index (χ0) is 15.6. The van der Waals surface area contributed by atoms with Crippen molar-refractivity contribution in [3.05, 3.63) is 23.8 Å². The van der Waals surface area contributed by atoms with Crippen LogP contribution in [-0.4, -0.2) is 51.6 Å². The highest BCUT2D eigenvalue weighted by Gasteiger charge is 2.19. The number of carboxylic acid groups (broad SMARTS) is 1. The first kappa shape index (κ1) is 16.4. The molecule has 0 aliphatic carbocycles. The van der Waals surface area contributed by atoms with Crippen LogP contribution < -0.4 is 4.72 Å². The van der Waals surface area contributed by atoms with E-state index >= 15 is 0 Å². The zero-order valence-electron chi connectivity index (χ0n) is 10.4. The van der Waals surface area contributed by atoms with Crippen molar-refractivity contribution >= 4 is 25.8 Å². The van der Waals surface area contributed by atoms with Crippen LogP contribution in [0.1, 0.15) is 10.4 Å². The monoisotopic (exact) mass is 323 g/mol. The van der Waals surface area contributed by atoms with Crippen molar-refractivity contribution in [1.82, 2.24) is 4.72 Å². The van der Waals surface area contributed by atoms with E-state index in [4.69, 9.17) is 5.11 Å². The Bertz CT molecular complexity index is 722. The summed E-state index contributed by atoms with van der Waals surface area (Å²) in [6.07, 6.45) is 0.963. The fourth-order valence-corrected chi connectivity index (χ4v) is 2.96. The number of aromatic hydroxyl groups is 1. The average Bonchev–Trinajstić information content (AvgIpc) is 2.26. The van der Waals surface area contributed by atoms with E-state index in [1.165, 1.54) is 0 Å². The predicted octanol–water partition coefficient (Wildman–Crippen LogP) is -0.587. The van der Waals surface area contributed by atoms with Crippen molar-refractivity contribution in [1.29, 1.82) is 0 Å². The summed E-state index contributed by atoms with van der Waals surface area (Å²) in [7, 11) is -7.36. The Balaban J connectivity index is 2.99. The van der Waals surface area contributed by atoms with E-state index in [0.29, 0.717) is 0 Å². The van der Waals surface area contributed by atoms with Crippen molar-refractivity contribution < 1.29 is 31.8 Å². The van der Waals surface area contributed by atoms with Crippen molar-refractivity contribution in [2.45, 2.75) is 4.90 Å². The Hall–Kier alpha value is -1.65. The standard InChI is InChI=1S/C10H13NO7S2/c1-19(15,16)5-4-11-20(17,18)7-2-3-9(12)8(6-7)10(13)14/h2-3,6,11-12H,4-5H2,1H3,(H,13,14). The highest BCUT2D eigenvalue weighted by atomic mass is 32.2. The van der Waals surface area contributed by atoms with Gasteiger partial charge in [0.2, 0.25) is 10.0 Å². The second-order valence-electron chi connectivity index (χ2n) is 4.01. The molecule has 0 bridgehead atoms. The lowest BCUT2D eigenvalue weighted by Gasteiger charge is -2.07. The van der Waals surface area contributed by atoms with Gasteiger partial charge in [0.05, 0.1) is 10.6 Å². The molecule has 20 heavy (non-hydrogen) atoms. The van der Waals surface area contributed by atoms with Crippen LogP contribution in [0.2, 0.25) is 0 Å². The molecule has 0 aliphatic rings. The number of phenols is 1. The summed E-state index contributed by atoms with van der Waals surface area (Å²) in [5.74, 6) is -2.42. The molecular weight excluding hydrogens is 310 g/mol. The third kappa shape index (κ3) is 4.47. The number of hydrogen-bond acceptors (Lipinski definition) is 6. The number of nitrogens with one attached hydrogen (secondary N) is 1. The topological polar surface area (TPSA) is 138 Å². The van der Waals surface area contributed by atoms with Gasteiger partial charge in [0.25, 0.3) is 0 Å². The van der Waals surface area contributed by atoms with E-state index in [2.05, 4.69) is 0 Å². The van der Waals surface area contributed by atoms with Crippen LogP contribution in [0.4, 0.5) is 0 Å². The maximum Gasteiger partial charge on any atom is 0.339 e. The molecule has 0 saturated carbocycles. The van der Waals surface area contributed by atoms with E-state index in [9.17, 15) is 26.7 Å². The van der Waals surface area contributed by atoms with Crippen LogP contribution in [-0.2, 0) is 19.9 Å². The minimum atomic E-state index is -4.04. The molecule has 10 heteroatoms. The smallest absolute Gasteiger partial charge is 0.339 e. The van der Waals surface area contributed by atoms with E-state index in [-0.39, 0.29) is 17.2 Å². The van der Waals surface area contributed by atoms with Gasteiger partial charge >= 0.3 is 5.97 Å². The number of rotatable bonds is 6. The van der Waals surface area contributed by atoms with Crippen molar-refractivity contribution in [2.75, 3.05) is 18.6 Å². The van der Waals surface area contributed by atoms with Gasteiger partial charge in [-0.1, -0.05) is 0 Å². The van der Waals surface area contributed by atoms with Crippen LogP contribution in [0.25, 0.3) is 0 Å². The van der Waals surface area contributed by atoms with Gasteiger partial charge in [-0.05, 0) is 18.2 Å². The molecule has 0 amide bonds. The van der Waals surface area contributed by atoms with E-state index in [0.717, 1.165) is 24.5 Å². The minimum Gasteiger partial charge on any atom is -0.507 e. The van der Waals surface area contributed by atoms with Gasteiger partial charge in [-0.15, -0.1) is 0 Å². The van der Waals surface area contributed by atoms with Crippen LogP contribution in [0.5, 0.6) is 5.75 Å². The van der Waals surface area contributed by atoms with Crippen molar-refractivity contribution in [2.24, 2.45) is 0 Å². The van der Waals surface area contributed by atoms with E-state index in [1.54, 1.807) is 0 Å². The van der Waals surface area contributed by atoms with Crippen LogP contribution >= 0.6 is 0 Å². The third-order valence-electron chi connectivity index (χ3n) is 2.27. The maximum atomic E-state index is 11.8. The summed E-state index contributed by atoms with van der Waals surface area (Å²) in [6, 6.07) is 2.75. The fourth-order valence-electron chi connectivity index (χ4n) is 1.30. The number of sulfone groups is 1. The molecule has 0 aromatic heterocycles. The molecule has 0 aliphatic heterocycles. The second-order valence-corrected chi connectivity index (χ2v) is 8.04. The van der Waals surface area contributed by atoms with Gasteiger partial charge in [0, 0.05) is 12.8 Å². The lowest BCUT2D eigenvalue weighted by Crippen LogP contribution is -2.29. The normalized spacial score (nSPS) is 12.2. The highest BCUT2D eigenvalue weighted by Crippen LogP contribution is 2.21. The van der Waals surface area contributed by atoms with Gasteiger partial charge in [-0.25, -0.2) is 26.4 Å². The number of hydrogen-bond donors (Lipinski definition) is 3. The Labute approximate surface area is 116 Å². The Morgan fingerprint density at radius 1 is 1.25 bits per heavy atom. The summed E-state index contributed by atoms with van der Waals surface area (Å²) in [5, 5.41) is 18.1. The molecule has 0 fully saturated rings. The molecule has 0 heterocycles. The van der Waals surface area contributed by atoms with Crippen molar-refractivity contribution in [3.8, 4) is 5.75 Å². The first-order chi connectivity index (χ1) is 9.03. The zero-order valence-corrected chi connectivity index (χ0v) is 12.0. The molecular formula is C10H13NO7S2. The van der Waals surface area contributed by atoms with Gasteiger partial charge in [0.1, 0.15) is 21.2 Å². The SMILES string of the molecule is CS(=O)(=O)CCNS(=O)(=O)c1ccc(O)c(C(=O)O)c1. The molecule has 0 unspecified atom stereocenters.